The SMILES string of the molecule is CC(=O)NC1C(OP(=O)(O)OP(=O)(O)OCC2OC(n3ccc(=O)[nH]c3=O)C(O)C2O)OC(C)C(=O)C1O. The highest BCUT2D eigenvalue weighted by Gasteiger charge is 2.49. The lowest BCUT2D eigenvalue weighted by atomic mass is 9.99. The van der Waals surface area contributed by atoms with Crippen molar-refractivity contribution >= 4 is 27.3 Å². The Bertz CT molecular complexity index is 1270. The Labute approximate surface area is 212 Å². The first kappa shape index (κ1) is 30.4. The predicted molar refractivity (Wildman–Crippen MR) is 118 cm³/mol. The summed E-state index contributed by atoms with van der Waals surface area (Å²) in [5, 5.41) is 32.5. The number of amides is 1. The highest BCUT2D eigenvalue weighted by atomic mass is 31.3. The van der Waals surface area contributed by atoms with Gasteiger partial charge in [-0.15, -0.1) is 0 Å². The maximum absolute atomic E-state index is 12.4. The second kappa shape index (κ2) is 11.5. The fourth-order valence-corrected chi connectivity index (χ4v) is 5.75. The van der Waals surface area contributed by atoms with Crippen molar-refractivity contribution in [3.63, 3.8) is 0 Å². The van der Waals surface area contributed by atoms with Gasteiger partial charge in [-0.25, -0.2) is 13.9 Å². The number of hydrogen-bond acceptors (Lipinski definition) is 14. The number of aliphatic hydroxyl groups excluding tert-OH is 3. The highest BCUT2D eigenvalue weighted by Crippen LogP contribution is 2.61. The molecule has 0 bridgehead atoms. The number of aliphatic hydroxyl groups is 3. The number of carbonyl (C=O) groups excluding carboxylic acids is 2. The molecule has 0 spiro atoms. The molecule has 2 saturated heterocycles. The van der Waals surface area contributed by atoms with Gasteiger partial charge in [-0.1, -0.05) is 0 Å². The number of H-pyrrole nitrogens is 1. The normalized spacial score (nSPS) is 34.9. The van der Waals surface area contributed by atoms with E-state index in [9.17, 15) is 53.4 Å². The van der Waals surface area contributed by atoms with Gasteiger partial charge >= 0.3 is 21.3 Å². The molecule has 38 heavy (non-hydrogen) atoms. The van der Waals surface area contributed by atoms with Gasteiger partial charge in [-0.2, -0.15) is 4.31 Å². The number of nitrogens with one attached hydrogen (secondary N) is 2. The number of hydrogen-bond donors (Lipinski definition) is 7. The minimum atomic E-state index is -5.56. The van der Waals surface area contributed by atoms with Crippen molar-refractivity contribution in [3.05, 3.63) is 33.1 Å². The summed E-state index contributed by atoms with van der Waals surface area (Å²) >= 11 is 0. The first-order valence-electron chi connectivity index (χ1n) is 10.7. The van der Waals surface area contributed by atoms with E-state index >= 15 is 0 Å². The Morgan fingerprint density at radius 1 is 1.13 bits per heavy atom. The van der Waals surface area contributed by atoms with E-state index in [-0.39, 0.29) is 0 Å². The third-order valence-corrected chi connectivity index (χ3v) is 7.94. The molecule has 0 radical (unpaired) electrons. The summed E-state index contributed by atoms with van der Waals surface area (Å²) in [5.74, 6) is -1.66. The Morgan fingerprint density at radius 2 is 1.79 bits per heavy atom. The molecule has 21 heteroatoms. The maximum Gasteiger partial charge on any atom is 0.483 e. The van der Waals surface area contributed by atoms with Gasteiger partial charge in [-0.3, -0.25) is 33.0 Å². The smallest absolute Gasteiger partial charge is 0.387 e. The van der Waals surface area contributed by atoms with Crippen LogP contribution in [-0.4, -0.2) is 95.8 Å². The fourth-order valence-electron chi connectivity index (χ4n) is 3.59. The number of aromatic amines is 1. The number of phosphoric acid groups is 2. The number of phosphoric ester groups is 2. The van der Waals surface area contributed by atoms with Crippen LogP contribution in [0.25, 0.3) is 0 Å². The number of nitrogens with zero attached hydrogens (tertiary/aromatic N) is 1. The van der Waals surface area contributed by atoms with Gasteiger partial charge in [0, 0.05) is 19.2 Å². The van der Waals surface area contributed by atoms with Gasteiger partial charge in [0.2, 0.25) is 5.91 Å². The molecule has 0 saturated carbocycles. The molecule has 0 aliphatic carbocycles. The quantitative estimate of drug-likeness (QED) is 0.138. The molecule has 19 nitrogen and oxygen atoms in total. The third kappa shape index (κ3) is 7.09. The second-order valence-electron chi connectivity index (χ2n) is 8.20. The molecular formula is C17H25N3O16P2. The summed E-state index contributed by atoms with van der Waals surface area (Å²) in [5.41, 5.74) is -1.74. The van der Waals surface area contributed by atoms with Gasteiger partial charge in [0.05, 0.1) is 6.61 Å². The van der Waals surface area contributed by atoms with Crippen LogP contribution >= 0.6 is 15.6 Å². The summed E-state index contributed by atoms with van der Waals surface area (Å²) in [7, 11) is -11.0. The van der Waals surface area contributed by atoms with Crippen LogP contribution in [0.1, 0.15) is 20.1 Å². The van der Waals surface area contributed by atoms with E-state index in [0.717, 1.165) is 23.8 Å². The van der Waals surface area contributed by atoms with Crippen molar-refractivity contribution in [2.75, 3.05) is 6.61 Å². The summed E-state index contributed by atoms with van der Waals surface area (Å²) < 4.78 is 49.1. The van der Waals surface area contributed by atoms with Gasteiger partial charge < -0.3 is 39.9 Å². The zero-order valence-corrected chi connectivity index (χ0v) is 21.3. The first-order chi connectivity index (χ1) is 17.5. The molecular weight excluding hydrogens is 564 g/mol. The van der Waals surface area contributed by atoms with Gasteiger partial charge in [0.15, 0.2) is 18.3 Å². The minimum absolute atomic E-state index is 0.732. The fraction of sp³-hybridized carbons (Fsp3) is 0.647. The standard InChI is InChI=1S/C17H25N3O16P2/c1-6-11(23)13(25)10(18-7(2)21)16(33-6)35-38(30,31)36-37(28,29)32-5-8-12(24)14(26)15(34-8)20-4-3-9(22)19-17(20)27/h3-4,6,8,10,12-16,24-26H,5H2,1-2H3,(H,18,21)(H,28,29)(H,30,31)(H,19,22,27). The lowest BCUT2D eigenvalue weighted by Gasteiger charge is -2.37. The molecule has 214 valence electrons. The van der Waals surface area contributed by atoms with E-state index in [0.29, 0.717) is 0 Å². The second-order valence-corrected chi connectivity index (χ2v) is 11.2. The predicted octanol–water partition coefficient (Wildman–Crippen LogP) is -3.41. The third-order valence-electron chi connectivity index (χ3n) is 5.34. The maximum atomic E-state index is 12.4. The number of Topliss-reactive ketones (excluding diaryl/α,β-unsaturated/α-hetero) is 1. The zero-order valence-electron chi connectivity index (χ0n) is 19.5. The van der Waals surface area contributed by atoms with Gasteiger partial charge in [0.25, 0.3) is 5.56 Å². The summed E-state index contributed by atoms with van der Waals surface area (Å²) in [6, 6.07) is -0.749. The molecule has 10 unspecified atom stereocenters. The molecule has 2 aliphatic rings. The van der Waals surface area contributed by atoms with E-state index in [1.54, 1.807) is 0 Å². The lowest BCUT2D eigenvalue weighted by Crippen LogP contribution is -2.61. The van der Waals surface area contributed by atoms with Crippen molar-refractivity contribution in [1.82, 2.24) is 14.9 Å². The topological polar surface area (TPSA) is 282 Å². The summed E-state index contributed by atoms with van der Waals surface area (Å²) in [6.45, 7) is 1.16. The van der Waals surface area contributed by atoms with E-state index in [1.807, 2.05) is 4.98 Å². The Morgan fingerprint density at radius 3 is 2.39 bits per heavy atom. The number of carbonyl (C=O) groups is 2. The van der Waals surface area contributed by atoms with E-state index in [4.69, 9.17) is 9.47 Å². The van der Waals surface area contributed by atoms with Crippen LogP contribution in [-0.2, 0) is 41.6 Å². The van der Waals surface area contributed by atoms with Crippen LogP contribution < -0.4 is 16.6 Å². The average Bonchev–Trinajstić information content (AvgIpc) is 3.06. The van der Waals surface area contributed by atoms with Crippen molar-refractivity contribution < 1.29 is 66.7 Å². The number of ketones is 1. The Balaban J connectivity index is 1.65. The molecule has 0 aromatic carbocycles. The van der Waals surface area contributed by atoms with Gasteiger partial charge in [0.1, 0.15) is 36.6 Å². The highest BCUT2D eigenvalue weighted by molar-refractivity contribution is 7.61. The van der Waals surface area contributed by atoms with Crippen LogP contribution in [0, 0.1) is 0 Å². The van der Waals surface area contributed by atoms with Crippen LogP contribution in [0.2, 0.25) is 0 Å². The largest absolute Gasteiger partial charge is 0.483 e. The van der Waals surface area contributed by atoms with Crippen LogP contribution in [0.3, 0.4) is 0 Å². The molecule has 3 heterocycles. The van der Waals surface area contributed by atoms with Crippen LogP contribution in [0.15, 0.2) is 21.9 Å². The minimum Gasteiger partial charge on any atom is -0.387 e. The van der Waals surface area contributed by atoms with E-state index < -0.39 is 94.3 Å². The Hall–Kier alpha value is -2.12. The number of aromatic nitrogens is 2. The van der Waals surface area contributed by atoms with Crippen molar-refractivity contribution in [2.45, 2.75) is 62.9 Å². The number of rotatable bonds is 9. The summed E-state index contributed by atoms with van der Waals surface area (Å²) in [6.07, 6.45) is -10.9. The molecule has 2 aliphatic heterocycles. The molecule has 1 amide bonds. The molecule has 3 rings (SSSR count). The molecule has 10 atom stereocenters. The van der Waals surface area contributed by atoms with E-state index in [2.05, 4.69) is 18.7 Å². The molecule has 1 aromatic rings. The average molecular weight is 589 g/mol. The van der Waals surface area contributed by atoms with Crippen molar-refractivity contribution in [1.29, 1.82) is 0 Å². The van der Waals surface area contributed by atoms with Gasteiger partial charge in [-0.05, 0) is 6.92 Å². The molecule has 1 aromatic heterocycles. The monoisotopic (exact) mass is 589 g/mol. The van der Waals surface area contributed by atoms with E-state index in [1.165, 1.54) is 6.92 Å². The Kier molecular flexibility index (Phi) is 9.25. The number of ether oxygens (including phenoxy) is 2. The molecule has 7 N–H and O–H groups in total. The van der Waals surface area contributed by atoms with Crippen molar-refractivity contribution in [3.8, 4) is 0 Å². The van der Waals surface area contributed by atoms with Crippen molar-refractivity contribution in [2.24, 2.45) is 0 Å². The lowest BCUT2D eigenvalue weighted by molar-refractivity contribution is -0.197. The summed E-state index contributed by atoms with van der Waals surface area (Å²) in [4.78, 5) is 68.2. The van der Waals surface area contributed by atoms with Crippen LogP contribution in [0.4, 0.5) is 0 Å². The zero-order chi connectivity index (χ0) is 28.6. The van der Waals surface area contributed by atoms with Crippen LogP contribution in [0.5, 0.6) is 0 Å². The molecule has 2 fully saturated rings. The first-order valence-corrected chi connectivity index (χ1v) is 13.7.